The zero-order valence-electron chi connectivity index (χ0n) is 9.53. The van der Waals surface area contributed by atoms with Crippen molar-refractivity contribution in [2.75, 3.05) is 0 Å². The molecule has 0 radical (unpaired) electrons. The summed E-state index contributed by atoms with van der Waals surface area (Å²) in [7, 11) is 0. The second-order valence-electron chi connectivity index (χ2n) is 4.22. The summed E-state index contributed by atoms with van der Waals surface area (Å²) in [5.41, 5.74) is 2.47. The van der Waals surface area contributed by atoms with E-state index < -0.39 is 0 Å². The van der Waals surface area contributed by atoms with Crippen LogP contribution in [0.5, 0.6) is 0 Å². The maximum absolute atomic E-state index is 3.51. The van der Waals surface area contributed by atoms with Crippen LogP contribution in [0.4, 0.5) is 0 Å². The van der Waals surface area contributed by atoms with Gasteiger partial charge in [0.05, 0.1) is 0 Å². The highest BCUT2D eigenvalue weighted by molar-refractivity contribution is 9.10. The monoisotopic (exact) mass is 360 g/mol. The van der Waals surface area contributed by atoms with Crippen LogP contribution in [0.15, 0.2) is 69.6 Å². The van der Waals surface area contributed by atoms with Crippen molar-refractivity contribution in [3.63, 3.8) is 0 Å². The van der Waals surface area contributed by atoms with Gasteiger partial charge in [-0.2, -0.15) is 0 Å². The van der Waals surface area contributed by atoms with Crippen LogP contribution in [0, 0.1) is 0 Å². The molecule has 0 atom stereocenters. The third kappa shape index (κ3) is 2.36. The van der Waals surface area contributed by atoms with Crippen LogP contribution < -0.4 is 0 Å². The van der Waals surface area contributed by atoms with E-state index in [1.54, 1.807) is 0 Å². The molecule has 3 rings (SSSR count). The van der Waals surface area contributed by atoms with Crippen LogP contribution in [0.2, 0.25) is 0 Å². The van der Waals surface area contributed by atoms with E-state index in [0.717, 1.165) is 8.95 Å². The van der Waals surface area contributed by atoms with Crippen LogP contribution in [0.1, 0.15) is 0 Å². The molecule has 0 amide bonds. The van der Waals surface area contributed by atoms with Crippen molar-refractivity contribution >= 4 is 42.6 Å². The summed E-state index contributed by atoms with van der Waals surface area (Å²) in [5.74, 6) is 0. The third-order valence-electron chi connectivity index (χ3n) is 2.96. The molecule has 0 saturated carbocycles. The van der Waals surface area contributed by atoms with Crippen molar-refractivity contribution in [2.45, 2.75) is 0 Å². The highest BCUT2D eigenvalue weighted by Gasteiger charge is 2.01. The van der Waals surface area contributed by atoms with Crippen LogP contribution >= 0.6 is 31.9 Å². The number of hydrogen-bond donors (Lipinski definition) is 0. The molecule has 2 heteroatoms. The number of rotatable bonds is 1. The fraction of sp³-hybridized carbons (Fsp3) is 0. The van der Waals surface area contributed by atoms with E-state index in [-0.39, 0.29) is 0 Å². The van der Waals surface area contributed by atoms with Gasteiger partial charge in [0.15, 0.2) is 0 Å². The fourth-order valence-corrected chi connectivity index (χ4v) is 2.84. The van der Waals surface area contributed by atoms with E-state index in [1.165, 1.54) is 21.9 Å². The first-order valence-electron chi connectivity index (χ1n) is 5.68. The summed E-state index contributed by atoms with van der Waals surface area (Å²) in [6, 6.07) is 21.3. The highest BCUT2D eigenvalue weighted by Crippen LogP contribution is 2.27. The maximum atomic E-state index is 3.51. The van der Waals surface area contributed by atoms with E-state index in [2.05, 4.69) is 86.5 Å². The van der Waals surface area contributed by atoms with Gasteiger partial charge in [-0.1, -0.05) is 62.2 Å². The lowest BCUT2D eigenvalue weighted by molar-refractivity contribution is 1.61. The van der Waals surface area contributed by atoms with Gasteiger partial charge < -0.3 is 0 Å². The number of hydrogen-bond acceptors (Lipinski definition) is 0. The summed E-state index contributed by atoms with van der Waals surface area (Å²) in [6.07, 6.45) is 0. The van der Waals surface area contributed by atoms with Crippen molar-refractivity contribution in [3.8, 4) is 11.1 Å². The zero-order chi connectivity index (χ0) is 12.5. The molecular formula is C16H10Br2. The molecule has 0 bridgehead atoms. The van der Waals surface area contributed by atoms with Crippen molar-refractivity contribution in [2.24, 2.45) is 0 Å². The van der Waals surface area contributed by atoms with E-state index >= 15 is 0 Å². The molecule has 3 aromatic carbocycles. The predicted molar refractivity (Wildman–Crippen MR) is 84.8 cm³/mol. The molecule has 0 fully saturated rings. The predicted octanol–water partition coefficient (Wildman–Crippen LogP) is 6.03. The second kappa shape index (κ2) is 4.87. The topological polar surface area (TPSA) is 0 Å². The third-order valence-corrected chi connectivity index (χ3v) is 3.95. The Kier molecular flexibility index (Phi) is 3.23. The molecule has 0 heterocycles. The first-order valence-corrected chi connectivity index (χ1v) is 7.26. The van der Waals surface area contributed by atoms with Gasteiger partial charge >= 0.3 is 0 Å². The molecule has 88 valence electrons. The summed E-state index contributed by atoms with van der Waals surface area (Å²) in [5, 5.41) is 2.51. The van der Waals surface area contributed by atoms with E-state index in [0.29, 0.717) is 0 Å². The van der Waals surface area contributed by atoms with Gasteiger partial charge in [-0.3, -0.25) is 0 Å². The molecule has 0 aliphatic rings. The summed E-state index contributed by atoms with van der Waals surface area (Å²) < 4.78 is 2.22. The number of halogens is 2. The van der Waals surface area contributed by atoms with Crippen molar-refractivity contribution in [1.29, 1.82) is 0 Å². The van der Waals surface area contributed by atoms with Crippen LogP contribution in [0.25, 0.3) is 21.9 Å². The molecule has 0 unspecified atom stereocenters. The van der Waals surface area contributed by atoms with Crippen LogP contribution in [0.3, 0.4) is 0 Å². The Morgan fingerprint density at radius 1 is 0.556 bits per heavy atom. The standard InChI is InChI=1S/C16H10Br2/c17-15-3-1-2-11(9-15)12-4-5-14-10-16(18)7-6-13(14)8-12/h1-10H. The molecule has 18 heavy (non-hydrogen) atoms. The Bertz CT molecular complexity index is 717. The van der Waals surface area contributed by atoms with Crippen molar-refractivity contribution in [1.82, 2.24) is 0 Å². The molecule has 0 nitrogen and oxygen atoms in total. The number of benzene rings is 3. The Hall–Kier alpha value is -1.12. The van der Waals surface area contributed by atoms with Gasteiger partial charge in [-0.05, 0) is 52.2 Å². The molecular weight excluding hydrogens is 352 g/mol. The molecule has 0 N–H and O–H groups in total. The minimum absolute atomic E-state index is 1.11. The highest BCUT2D eigenvalue weighted by atomic mass is 79.9. The van der Waals surface area contributed by atoms with Gasteiger partial charge in [0.1, 0.15) is 0 Å². The van der Waals surface area contributed by atoms with Gasteiger partial charge in [0.2, 0.25) is 0 Å². The molecule has 0 spiro atoms. The SMILES string of the molecule is Brc1cccc(-c2ccc3cc(Br)ccc3c2)c1. The first-order chi connectivity index (χ1) is 8.72. The van der Waals surface area contributed by atoms with Gasteiger partial charge in [-0.25, -0.2) is 0 Å². The molecule has 0 aromatic heterocycles. The fourth-order valence-electron chi connectivity index (χ4n) is 2.06. The van der Waals surface area contributed by atoms with E-state index in [9.17, 15) is 0 Å². The summed E-state index contributed by atoms with van der Waals surface area (Å²) in [4.78, 5) is 0. The summed E-state index contributed by atoms with van der Waals surface area (Å²) >= 11 is 7.01. The van der Waals surface area contributed by atoms with Gasteiger partial charge in [-0.15, -0.1) is 0 Å². The van der Waals surface area contributed by atoms with Crippen LogP contribution in [-0.4, -0.2) is 0 Å². The van der Waals surface area contributed by atoms with Crippen molar-refractivity contribution in [3.05, 3.63) is 69.6 Å². The Morgan fingerprint density at radius 2 is 1.22 bits per heavy atom. The lowest BCUT2D eigenvalue weighted by Crippen LogP contribution is -1.79. The Balaban J connectivity index is 2.16. The minimum atomic E-state index is 1.11. The smallest absolute Gasteiger partial charge is 0.0181 e. The van der Waals surface area contributed by atoms with Crippen molar-refractivity contribution < 1.29 is 0 Å². The molecule has 3 aromatic rings. The van der Waals surface area contributed by atoms with Gasteiger partial charge in [0, 0.05) is 8.95 Å². The lowest BCUT2D eigenvalue weighted by atomic mass is 10.0. The first kappa shape index (κ1) is 11.9. The van der Waals surface area contributed by atoms with E-state index in [4.69, 9.17) is 0 Å². The molecule has 0 aliphatic carbocycles. The Labute approximate surface area is 123 Å². The van der Waals surface area contributed by atoms with Gasteiger partial charge in [0.25, 0.3) is 0 Å². The summed E-state index contributed by atoms with van der Waals surface area (Å²) in [6.45, 7) is 0. The maximum Gasteiger partial charge on any atom is 0.0181 e. The lowest BCUT2D eigenvalue weighted by Gasteiger charge is -2.05. The zero-order valence-corrected chi connectivity index (χ0v) is 12.7. The van der Waals surface area contributed by atoms with E-state index in [1.807, 2.05) is 6.07 Å². The largest absolute Gasteiger partial charge is 0.0605 e. The minimum Gasteiger partial charge on any atom is -0.0605 e. The average molecular weight is 362 g/mol. The molecule has 0 aliphatic heterocycles. The molecule has 0 saturated heterocycles. The van der Waals surface area contributed by atoms with Crippen LogP contribution in [-0.2, 0) is 0 Å². The number of fused-ring (bicyclic) bond motifs is 1. The quantitative estimate of drug-likeness (QED) is 0.496. The average Bonchev–Trinajstić information content (AvgIpc) is 2.38. The normalized spacial score (nSPS) is 10.8. The second-order valence-corrected chi connectivity index (χ2v) is 6.05. The Morgan fingerprint density at radius 3 is 2.06 bits per heavy atom.